The van der Waals surface area contributed by atoms with E-state index < -0.39 is 6.10 Å². The molecule has 1 amide bonds. The van der Waals surface area contributed by atoms with E-state index in [2.05, 4.69) is 21.2 Å². The van der Waals surface area contributed by atoms with E-state index in [0.29, 0.717) is 0 Å². The zero-order valence-corrected chi connectivity index (χ0v) is 11.5. The second-order valence-corrected chi connectivity index (χ2v) is 4.57. The Balaban J connectivity index is 2.70. The Hall–Kier alpha value is -0.910. The van der Waals surface area contributed by atoms with E-state index in [4.69, 9.17) is 10.5 Å². The summed E-state index contributed by atoms with van der Waals surface area (Å²) in [6.45, 7) is 2.09. The van der Waals surface area contributed by atoms with Gasteiger partial charge in [0, 0.05) is 18.1 Å². The van der Waals surface area contributed by atoms with E-state index in [1.165, 1.54) is 7.11 Å². The van der Waals surface area contributed by atoms with Crippen LogP contribution in [0.25, 0.3) is 0 Å². The monoisotopic (exact) mass is 300 g/mol. The normalized spacial score (nSPS) is 14.1. The first kappa shape index (κ1) is 14.2. The first-order valence-electron chi connectivity index (χ1n) is 5.37. The average molecular weight is 301 g/mol. The lowest BCUT2D eigenvalue weighted by molar-refractivity contribution is -0.131. The molecule has 0 aliphatic carbocycles. The van der Waals surface area contributed by atoms with Gasteiger partial charge in [-0.25, -0.2) is 0 Å². The molecule has 0 radical (unpaired) electrons. The van der Waals surface area contributed by atoms with Crippen LogP contribution in [0.2, 0.25) is 0 Å². The smallest absolute Gasteiger partial charge is 0.250 e. The van der Waals surface area contributed by atoms with E-state index in [0.717, 1.165) is 10.0 Å². The van der Waals surface area contributed by atoms with Crippen LogP contribution in [0.4, 0.5) is 0 Å². The third-order valence-electron chi connectivity index (χ3n) is 2.52. The third-order valence-corrected chi connectivity index (χ3v) is 3.24. The van der Waals surface area contributed by atoms with E-state index >= 15 is 0 Å². The van der Waals surface area contributed by atoms with Gasteiger partial charge in [0.1, 0.15) is 6.10 Å². The minimum absolute atomic E-state index is 0.0951. The highest BCUT2D eigenvalue weighted by atomic mass is 79.9. The number of rotatable bonds is 5. The summed E-state index contributed by atoms with van der Waals surface area (Å²) in [5, 5.41) is 2.86. The van der Waals surface area contributed by atoms with Gasteiger partial charge in [-0.3, -0.25) is 4.79 Å². The fourth-order valence-corrected chi connectivity index (χ4v) is 2.15. The molecule has 4 nitrogen and oxygen atoms in total. The SMILES string of the molecule is COC(CN)C(=O)N[C@H](C)c1ccccc1Br. The van der Waals surface area contributed by atoms with E-state index in [1.807, 2.05) is 31.2 Å². The molecule has 0 aliphatic rings. The van der Waals surface area contributed by atoms with Crippen LogP contribution in [-0.4, -0.2) is 25.7 Å². The van der Waals surface area contributed by atoms with Gasteiger partial charge in [-0.15, -0.1) is 0 Å². The van der Waals surface area contributed by atoms with E-state index in [9.17, 15) is 4.79 Å². The maximum Gasteiger partial charge on any atom is 0.250 e. The van der Waals surface area contributed by atoms with Crippen molar-refractivity contribution in [2.75, 3.05) is 13.7 Å². The Morgan fingerprint density at radius 3 is 2.71 bits per heavy atom. The Morgan fingerprint density at radius 1 is 1.53 bits per heavy atom. The van der Waals surface area contributed by atoms with Crippen molar-refractivity contribution < 1.29 is 9.53 Å². The number of benzene rings is 1. The van der Waals surface area contributed by atoms with Crippen molar-refractivity contribution in [3.8, 4) is 0 Å². The van der Waals surface area contributed by atoms with Crippen molar-refractivity contribution >= 4 is 21.8 Å². The number of carbonyl (C=O) groups is 1. The zero-order valence-electron chi connectivity index (χ0n) is 9.94. The summed E-state index contributed by atoms with van der Waals surface area (Å²) in [6, 6.07) is 7.66. The van der Waals surface area contributed by atoms with Crippen molar-refractivity contribution in [3.05, 3.63) is 34.3 Å². The highest BCUT2D eigenvalue weighted by Gasteiger charge is 2.19. The van der Waals surface area contributed by atoms with E-state index in [1.54, 1.807) is 0 Å². The van der Waals surface area contributed by atoms with Crippen LogP contribution in [0, 0.1) is 0 Å². The number of amides is 1. The molecule has 0 aliphatic heterocycles. The van der Waals surface area contributed by atoms with Gasteiger partial charge in [-0.1, -0.05) is 34.1 Å². The van der Waals surface area contributed by atoms with Crippen LogP contribution in [0.5, 0.6) is 0 Å². The summed E-state index contributed by atoms with van der Waals surface area (Å²) in [6.07, 6.45) is -0.597. The molecule has 0 saturated heterocycles. The fourth-order valence-electron chi connectivity index (χ4n) is 1.52. The Bertz CT molecular complexity index is 381. The lowest BCUT2D eigenvalue weighted by Gasteiger charge is -2.19. The van der Waals surface area contributed by atoms with Crippen LogP contribution in [0.15, 0.2) is 28.7 Å². The Labute approximate surface area is 110 Å². The molecule has 0 saturated carbocycles. The summed E-state index contributed by atoms with van der Waals surface area (Å²) in [5.41, 5.74) is 6.45. The summed E-state index contributed by atoms with van der Waals surface area (Å²) >= 11 is 3.45. The molecular weight excluding hydrogens is 284 g/mol. The molecule has 0 aromatic heterocycles. The molecular formula is C12H17BrN2O2. The van der Waals surface area contributed by atoms with Crippen LogP contribution < -0.4 is 11.1 Å². The summed E-state index contributed by atoms with van der Waals surface area (Å²) in [7, 11) is 1.47. The van der Waals surface area contributed by atoms with Crippen molar-refractivity contribution in [1.82, 2.24) is 5.32 Å². The lowest BCUT2D eigenvalue weighted by Crippen LogP contribution is -2.41. The molecule has 1 aromatic rings. The Morgan fingerprint density at radius 2 is 2.18 bits per heavy atom. The number of halogens is 1. The molecule has 0 heterocycles. The molecule has 3 N–H and O–H groups in total. The van der Waals surface area contributed by atoms with Gasteiger partial charge in [-0.2, -0.15) is 0 Å². The summed E-state index contributed by atoms with van der Waals surface area (Å²) in [4.78, 5) is 11.8. The average Bonchev–Trinajstić information content (AvgIpc) is 2.31. The second-order valence-electron chi connectivity index (χ2n) is 3.71. The summed E-state index contributed by atoms with van der Waals surface area (Å²) < 4.78 is 5.95. The van der Waals surface area contributed by atoms with E-state index in [-0.39, 0.29) is 18.5 Å². The van der Waals surface area contributed by atoms with Gasteiger partial charge in [0.15, 0.2) is 0 Å². The molecule has 0 bridgehead atoms. The van der Waals surface area contributed by atoms with Crippen molar-refractivity contribution in [2.24, 2.45) is 5.73 Å². The first-order chi connectivity index (χ1) is 8.10. The zero-order chi connectivity index (χ0) is 12.8. The minimum Gasteiger partial charge on any atom is -0.370 e. The van der Waals surface area contributed by atoms with Crippen LogP contribution in [0.3, 0.4) is 0 Å². The number of carbonyl (C=O) groups excluding carboxylic acids is 1. The highest BCUT2D eigenvalue weighted by Crippen LogP contribution is 2.22. The number of ether oxygens (including phenoxy) is 1. The molecule has 0 fully saturated rings. The predicted molar refractivity (Wildman–Crippen MR) is 70.6 cm³/mol. The van der Waals surface area contributed by atoms with Gasteiger partial charge in [0.2, 0.25) is 0 Å². The van der Waals surface area contributed by atoms with Crippen molar-refractivity contribution in [2.45, 2.75) is 19.1 Å². The topological polar surface area (TPSA) is 64.3 Å². The first-order valence-corrected chi connectivity index (χ1v) is 6.17. The highest BCUT2D eigenvalue weighted by molar-refractivity contribution is 9.10. The predicted octanol–water partition coefficient (Wildman–Crippen LogP) is 1.60. The number of hydrogen-bond acceptors (Lipinski definition) is 3. The molecule has 0 spiro atoms. The van der Waals surface area contributed by atoms with Crippen LogP contribution in [-0.2, 0) is 9.53 Å². The fraction of sp³-hybridized carbons (Fsp3) is 0.417. The van der Waals surface area contributed by atoms with Gasteiger partial charge in [0.05, 0.1) is 6.04 Å². The van der Waals surface area contributed by atoms with Crippen molar-refractivity contribution in [1.29, 1.82) is 0 Å². The van der Waals surface area contributed by atoms with Crippen LogP contribution in [0.1, 0.15) is 18.5 Å². The lowest BCUT2D eigenvalue weighted by atomic mass is 10.1. The van der Waals surface area contributed by atoms with Gasteiger partial charge < -0.3 is 15.8 Å². The second kappa shape index (κ2) is 6.74. The van der Waals surface area contributed by atoms with Gasteiger partial charge in [-0.05, 0) is 18.6 Å². The molecule has 1 rings (SSSR count). The maximum atomic E-state index is 11.8. The minimum atomic E-state index is -0.597. The number of hydrogen-bond donors (Lipinski definition) is 2. The van der Waals surface area contributed by atoms with Crippen molar-refractivity contribution in [3.63, 3.8) is 0 Å². The molecule has 94 valence electrons. The summed E-state index contributed by atoms with van der Waals surface area (Å²) in [5.74, 6) is -0.196. The quantitative estimate of drug-likeness (QED) is 0.868. The Kier molecular flexibility index (Phi) is 5.61. The maximum absolute atomic E-state index is 11.8. The largest absolute Gasteiger partial charge is 0.370 e. The molecule has 17 heavy (non-hydrogen) atoms. The van der Waals surface area contributed by atoms with Gasteiger partial charge in [0.25, 0.3) is 5.91 Å². The molecule has 1 aromatic carbocycles. The number of nitrogens with two attached hydrogens (primary N) is 1. The molecule has 2 atom stereocenters. The standard InChI is InChI=1S/C12H17BrN2O2/c1-8(9-5-3-4-6-10(9)13)15-12(16)11(7-14)17-2/h3-6,8,11H,7,14H2,1-2H3,(H,15,16)/t8-,11?/m1/s1. The number of methoxy groups -OCH3 is 1. The number of nitrogens with one attached hydrogen (secondary N) is 1. The molecule has 1 unspecified atom stereocenters. The molecule has 5 heteroatoms. The van der Waals surface area contributed by atoms with Gasteiger partial charge >= 0.3 is 0 Å². The van der Waals surface area contributed by atoms with Crippen LogP contribution >= 0.6 is 15.9 Å². The third kappa shape index (κ3) is 3.80.